The van der Waals surface area contributed by atoms with Crippen LogP contribution in [-0.4, -0.2) is 27.6 Å². The minimum Gasteiger partial charge on any atom is -0.322 e. The van der Waals surface area contributed by atoms with E-state index in [9.17, 15) is 9.59 Å². The Morgan fingerprint density at radius 1 is 1.32 bits per heavy atom. The second kappa shape index (κ2) is 5.29. The monoisotopic (exact) mass is 298 g/mol. The molecule has 3 rings (SSSR count). The van der Waals surface area contributed by atoms with Gasteiger partial charge in [-0.3, -0.25) is 19.2 Å². The van der Waals surface area contributed by atoms with Crippen molar-refractivity contribution < 1.29 is 9.59 Å². The van der Waals surface area contributed by atoms with Crippen LogP contribution >= 0.6 is 0 Å². The Morgan fingerprint density at radius 2 is 2.05 bits per heavy atom. The largest absolute Gasteiger partial charge is 0.322 e. The molecule has 2 heterocycles. The number of aryl methyl sites for hydroxylation is 1. The maximum Gasteiger partial charge on any atom is 0.262 e. The fourth-order valence-electron chi connectivity index (χ4n) is 2.77. The highest BCUT2D eigenvalue weighted by Crippen LogP contribution is 2.35. The molecule has 114 valence electrons. The van der Waals surface area contributed by atoms with Crippen LogP contribution < -0.4 is 10.2 Å². The highest BCUT2D eigenvalue weighted by atomic mass is 16.2. The first-order valence-corrected chi connectivity index (χ1v) is 7.21. The molecule has 0 aliphatic carbocycles. The zero-order chi connectivity index (χ0) is 15.9. The van der Waals surface area contributed by atoms with Crippen molar-refractivity contribution in [2.75, 3.05) is 10.2 Å². The predicted molar refractivity (Wildman–Crippen MR) is 83.7 cm³/mol. The van der Waals surface area contributed by atoms with E-state index in [1.165, 1.54) is 6.20 Å². The number of nitrogens with one attached hydrogen (secondary N) is 1. The SMILES string of the molecule is CC(C)[C@H]1C(=O)Nc2ccccc2N1C(=O)c1cnn(C)c1. The summed E-state index contributed by atoms with van der Waals surface area (Å²) in [6.45, 7) is 3.86. The van der Waals surface area contributed by atoms with E-state index < -0.39 is 6.04 Å². The molecule has 1 aromatic heterocycles. The summed E-state index contributed by atoms with van der Waals surface area (Å²) in [5.41, 5.74) is 1.84. The number of benzene rings is 1. The first-order chi connectivity index (χ1) is 10.5. The Kier molecular flexibility index (Phi) is 3.44. The van der Waals surface area contributed by atoms with E-state index in [0.29, 0.717) is 11.3 Å². The van der Waals surface area contributed by atoms with Crippen molar-refractivity contribution >= 4 is 23.2 Å². The lowest BCUT2D eigenvalue weighted by atomic mass is 9.97. The molecule has 0 spiro atoms. The van der Waals surface area contributed by atoms with Crippen molar-refractivity contribution in [2.45, 2.75) is 19.9 Å². The minimum atomic E-state index is -0.539. The number of anilines is 2. The zero-order valence-corrected chi connectivity index (χ0v) is 12.8. The van der Waals surface area contributed by atoms with Crippen LogP contribution in [0.4, 0.5) is 11.4 Å². The average molecular weight is 298 g/mol. The Bertz CT molecular complexity index is 735. The van der Waals surface area contributed by atoms with Crippen LogP contribution in [0.15, 0.2) is 36.7 Å². The quantitative estimate of drug-likeness (QED) is 0.922. The third-order valence-corrected chi connectivity index (χ3v) is 3.77. The number of hydrogen-bond donors (Lipinski definition) is 1. The molecule has 1 aromatic carbocycles. The van der Waals surface area contributed by atoms with E-state index in [1.54, 1.807) is 28.9 Å². The molecule has 0 saturated carbocycles. The Labute approximate surface area is 128 Å². The van der Waals surface area contributed by atoms with Gasteiger partial charge in [0, 0.05) is 13.2 Å². The van der Waals surface area contributed by atoms with Gasteiger partial charge < -0.3 is 5.32 Å². The fourth-order valence-corrected chi connectivity index (χ4v) is 2.77. The van der Waals surface area contributed by atoms with Crippen LogP contribution in [-0.2, 0) is 11.8 Å². The number of rotatable bonds is 2. The van der Waals surface area contributed by atoms with Gasteiger partial charge in [0.05, 0.1) is 23.1 Å². The van der Waals surface area contributed by atoms with Gasteiger partial charge in [-0.05, 0) is 18.1 Å². The smallest absolute Gasteiger partial charge is 0.262 e. The lowest BCUT2D eigenvalue weighted by molar-refractivity contribution is -0.118. The predicted octanol–water partition coefficient (Wildman–Crippen LogP) is 2.04. The second-order valence-electron chi connectivity index (χ2n) is 5.77. The summed E-state index contributed by atoms with van der Waals surface area (Å²) >= 11 is 0. The average Bonchev–Trinajstić information content (AvgIpc) is 2.91. The lowest BCUT2D eigenvalue weighted by Crippen LogP contribution is -2.53. The van der Waals surface area contributed by atoms with Crippen LogP contribution in [0.5, 0.6) is 0 Å². The van der Waals surface area contributed by atoms with Gasteiger partial charge in [-0.1, -0.05) is 26.0 Å². The summed E-state index contributed by atoms with van der Waals surface area (Å²) in [7, 11) is 1.76. The maximum atomic E-state index is 12.9. The van der Waals surface area contributed by atoms with Crippen molar-refractivity contribution in [1.29, 1.82) is 0 Å². The molecule has 0 fully saturated rings. The third-order valence-electron chi connectivity index (χ3n) is 3.77. The van der Waals surface area contributed by atoms with Crippen LogP contribution in [0.3, 0.4) is 0 Å². The molecule has 6 nitrogen and oxygen atoms in total. The first-order valence-electron chi connectivity index (χ1n) is 7.21. The molecule has 1 atom stereocenters. The molecular weight excluding hydrogens is 280 g/mol. The molecule has 1 aliphatic rings. The van der Waals surface area contributed by atoms with Crippen LogP contribution in [0.25, 0.3) is 0 Å². The normalized spacial score (nSPS) is 17.4. The summed E-state index contributed by atoms with van der Waals surface area (Å²) < 4.78 is 1.58. The molecule has 22 heavy (non-hydrogen) atoms. The third kappa shape index (κ3) is 2.26. The maximum absolute atomic E-state index is 12.9. The van der Waals surface area contributed by atoms with Crippen molar-refractivity contribution in [3.8, 4) is 0 Å². The Balaban J connectivity index is 2.11. The molecular formula is C16H18N4O2. The highest BCUT2D eigenvalue weighted by molar-refractivity contribution is 6.16. The van der Waals surface area contributed by atoms with Gasteiger partial charge in [-0.2, -0.15) is 5.10 Å². The van der Waals surface area contributed by atoms with Gasteiger partial charge >= 0.3 is 0 Å². The molecule has 2 amide bonds. The van der Waals surface area contributed by atoms with E-state index in [2.05, 4.69) is 10.4 Å². The molecule has 0 bridgehead atoms. The van der Waals surface area contributed by atoms with E-state index in [0.717, 1.165) is 5.69 Å². The van der Waals surface area contributed by atoms with Crippen molar-refractivity contribution in [1.82, 2.24) is 9.78 Å². The zero-order valence-electron chi connectivity index (χ0n) is 12.8. The van der Waals surface area contributed by atoms with Crippen LogP contribution in [0.2, 0.25) is 0 Å². The molecule has 6 heteroatoms. The number of fused-ring (bicyclic) bond motifs is 1. The van der Waals surface area contributed by atoms with E-state index in [4.69, 9.17) is 0 Å². The summed E-state index contributed by atoms with van der Waals surface area (Å²) in [4.78, 5) is 26.9. The van der Waals surface area contributed by atoms with Gasteiger partial charge in [0.1, 0.15) is 6.04 Å². The summed E-state index contributed by atoms with van der Waals surface area (Å²) in [5, 5.41) is 6.93. The number of hydrogen-bond acceptors (Lipinski definition) is 3. The summed E-state index contributed by atoms with van der Waals surface area (Å²) in [6, 6.07) is 6.80. The topological polar surface area (TPSA) is 67.2 Å². The molecule has 2 aromatic rings. The number of amides is 2. The van der Waals surface area contributed by atoms with Gasteiger partial charge in [0.15, 0.2) is 0 Å². The lowest BCUT2D eigenvalue weighted by Gasteiger charge is -2.38. The number of carbonyl (C=O) groups excluding carboxylic acids is 2. The molecule has 0 unspecified atom stereocenters. The number of carbonyl (C=O) groups is 2. The van der Waals surface area contributed by atoms with Gasteiger partial charge in [0.25, 0.3) is 5.91 Å². The van der Waals surface area contributed by atoms with Crippen molar-refractivity contribution in [3.05, 3.63) is 42.2 Å². The second-order valence-corrected chi connectivity index (χ2v) is 5.77. The molecule has 0 saturated heterocycles. The molecule has 1 N–H and O–H groups in total. The standard InChI is InChI=1S/C16H18N4O2/c1-10(2)14-15(21)18-12-6-4-5-7-13(12)20(14)16(22)11-8-17-19(3)9-11/h4-10,14H,1-3H3,(H,18,21)/t14-/m0/s1. The van der Waals surface area contributed by atoms with E-state index in [-0.39, 0.29) is 17.7 Å². The minimum absolute atomic E-state index is 0.00558. The molecule has 1 aliphatic heterocycles. The van der Waals surface area contributed by atoms with Crippen LogP contribution in [0, 0.1) is 5.92 Å². The number of para-hydroxylation sites is 2. The van der Waals surface area contributed by atoms with E-state index in [1.807, 2.05) is 32.0 Å². The Morgan fingerprint density at radius 3 is 2.68 bits per heavy atom. The van der Waals surface area contributed by atoms with Crippen LogP contribution in [0.1, 0.15) is 24.2 Å². The fraction of sp³-hybridized carbons (Fsp3) is 0.312. The number of aromatic nitrogens is 2. The number of nitrogens with zero attached hydrogens (tertiary/aromatic N) is 3. The van der Waals surface area contributed by atoms with Crippen molar-refractivity contribution in [3.63, 3.8) is 0 Å². The van der Waals surface area contributed by atoms with E-state index >= 15 is 0 Å². The van der Waals surface area contributed by atoms with Gasteiger partial charge in [-0.25, -0.2) is 0 Å². The first kappa shape index (κ1) is 14.3. The van der Waals surface area contributed by atoms with Crippen molar-refractivity contribution in [2.24, 2.45) is 13.0 Å². The Hall–Kier alpha value is -2.63. The van der Waals surface area contributed by atoms with Gasteiger partial charge in [-0.15, -0.1) is 0 Å². The molecule has 0 radical (unpaired) electrons. The highest BCUT2D eigenvalue weighted by Gasteiger charge is 2.39. The summed E-state index contributed by atoms with van der Waals surface area (Å²) in [5.74, 6) is -0.381. The summed E-state index contributed by atoms with van der Waals surface area (Å²) in [6.07, 6.45) is 3.18. The van der Waals surface area contributed by atoms with Gasteiger partial charge in [0.2, 0.25) is 5.91 Å².